The number of hydrogen-bond acceptors (Lipinski definition) is 5. The normalized spacial score (nSPS) is 18.3. The molecular weight excluding hydrogens is 298 g/mol. The number of thiophene rings is 1. The number of carbonyl (C=O) groups is 4. The van der Waals surface area contributed by atoms with E-state index in [9.17, 15) is 19.2 Å². The van der Waals surface area contributed by atoms with Gasteiger partial charge in [0.05, 0.1) is 5.56 Å². The molecular formula is C12H13N3O5S. The number of hydrogen-bond donors (Lipinski definition) is 3. The van der Waals surface area contributed by atoms with Gasteiger partial charge in [0, 0.05) is 0 Å². The van der Waals surface area contributed by atoms with E-state index in [2.05, 4.69) is 10.6 Å². The summed E-state index contributed by atoms with van der Waals surface area (Å²) in [5, 5.41) is 15.3. The first kappa shape index (κ1) is 15.0. The minimum absolute atomic E-state index is 0.0332. The van der Waals surface area contributed by atoms with Gasteiger partial charge in [-0.3, -0.25) is 20.2 Å². The van der Waals surface area contributed by atoms with E-state index in [1.165, 1.54) is 11.4 Å². The molecule has 1 aliphatic rings. The Morgan fingerprint density at radius 2 is 2.24 bits per heavy atom. The summed E-state index contributed by atoms with van der Waals surface area (Å²) in [4.78, 5) is 47.4. The molecule has 112 valence electrons. The molecule has 1 atom stereocenters. The molecule has 0 spiro atoms. The van der Waals surface area contributed by atoms with Gasteiger partial charge >= 0.3 is 12.0 Å². The summed E-state index contributed by atoms with van der Waals surface area (Å²) in [6, 6.07) is -0.0560. The second kappa shape index (κ2) is 5.92. The van der Waals surface area contributed by atoms with E-state index in [4.69, 9.17) is 5.11 Å². The van der Waals surface area contributed by atoms with E-state index in [0.29, 0.717) is 6.42 Å². The monoisotopic (exact) mass is 311 g/mol. The van der Waals surface area contributed by atoms with Gasteiger partial charge in [0.25, 0.3) is 0 Å². The molecule has 0 radical (unpaired) electrons. The van der Waals surface area contributed by atoms with Crippen molar-refractivity contribution in [2.24, 2.45) is 0 Å². The van der Waals surface area contributed by atoms with Crippen LogP contribution in [-0.2, 0) is 9.59 Å². The Morgan fingerprint density at radius 1 is 1.52 bits per heavy atom. The van der Waals surface area contributed by atoms with Crippen molar-refractivity contribution >= 4 is 40.2 Å². The van der Waals surface area contributed by atoms with Gasteiger partial charge < -0.3 is 10.0 Å². The second-order valence-electron chi connectivity index (χ2n) is 4.36. The van der Waals surface area contributed by atoms with Crippen molar-refractivity contribution < 1.29 is 24.3 Å². The molecule has 1 aromatic rings. The van der Waals surface area contributed by atoms with Gasteiger partial charge in [0.15, 0.2) is 0 Å². The predicted octanol–water partition coefficient (Wildman–Crippen LogP) is 0.715. The molecule has 1 fully saturated rings. The van der Waals surface area contributed by atoms with Crippen LogP contribution in [0.4, 0.5) is 9.80 Å². The standard InChI is InChI=1S/C12H13N3O5S/c1-2-7-9(17)13-8(16)5-15(7)12(20)14-10-6(11(18)19)3-4-21-10/h3-4,7H,2,5H2,1H3,(H,14,20)(H,18,19)(H,13,16,17). The van der Waals surface area contributed by atoms with Crippen molar-refractivity contribution in [3.05, 3.63) is 17.0 Å². The molecule has 9 heteroatoms. The molecule has 1 unspecified atom stereocenters. The van der Waals surface area contributed by atoms with Crippen molar-refractivity contribution in [2.75, 3.05) is 11.9 Å². The molecule has 8 nitrogen and oxygen atoms in total. The SMILES string of the molecule is CCC1C(=O)NC(=O)CN1C(=O)Nc1sccc1C(=O)O. The quantitative estimate of drug-likeness (QED) is 0.711. The van der Waals surface area contributed by atoms with E-state index < -0.39 is 29.9 Å². The fraction of sp³-hybridized carbons (Fsp3) is 0.333. The predicted molar refractivity (Wildman–Crippen MR) is 74.2 cm³/mol. The van der Waals surface area contributed by atoms with Crippen LogP contribution < -0.4 is 10.6 Å². The average molecular weight is 311 g/mol. The number of nitrogens with one attached hydrogen (secondary N) is 2. The fourth-order valence-corrected chi connectivity index (χ4v) is 2.80. The highest BCUT2D eigenvalue weighted by atomic mass is 32.1. The number of carbonyl (C=O) groups excluding carboxylic acids is 3. The van der Waals surface area contributed by atoms with Gasteiger partial charge in [-0.2, -0.15) is 0 Å². The van der Waals surface area contributed by atoms with Crippen LogP contribution in [0.1, 0.15) is 23.7 Å². The highest BCUT2D eigenvalue weighted by Crippen LogP contribution is 2.24. The summed E-state index contributed by atoms with van der Waals surface area (Å²) < 4.78 is 0. The zero-order valence-corrected chi connectivity index (χ0v) is 11.9. The molecule has 21 heavy (non-hydrogen) atoms. The number of urea groups is 1. The lowest BCUT2D eigenvalue weighted by Gasteiger charge is -2.33. The molecule has 1 aliphatic heterocycles. The zero-order valence-electron chi connectivity index (χ0n) is 11.1. The van der Waals surface area contributed by atoms with Gasteiger partial charge in [-0.05, 0) is 17.9 Å². The van der Waals surface area contributed by atoms with Crippen LogP contribution in [0.5, 0.6) is 0 Å². The van der Waals surface area contributed by atoms with Crippen LogP contribution in [0.25, 0.3) is 0 Å². The Bertz CT molecular complexity index is 612. The summed E-state index contributed by atoms with van der Waals surface area (Å²) in [6.07, 6.45) is 0.350. The largest absolute Gasteiger partial charge is 0.478 e. The second-order valence-corrected chi connectivity index (χ2v) is 5.28. The topological polar surface area (TPSA) is 116 Å². The summed E-state index contributed by atoms with van der Waals surface area (Å²) in [6.45, 7) is 1.47. The Kier molecular flexibility index (Phi) is 4.22. The van der Waals surface area contributed by atoms with Crippen molar-refractivity contribution in [2.45, 2.75) is 19.4 Å². The number of nitrogens with zero attached hydrogens (tertiary/aromatic N) is 1. The van der Waals surface area contributed by atoms with E-state index in [1.54, 1.807) is 6.92 Å². The minimum atomic E-state index is -1.16. The molecule has 1 aromatic heterocycles. The molecule has 0 aromatic carbocycles. The molecule has 0 aliphatic carbocycles. The Balaban J connectivity index is 2.18. The van der Waals surface area contributed by atoms with Crippen molar-refractivity contribution in [1.82, 2.24) is 10.2 Å². The van der Waals surface area contributed by atoms with Gasteiger partial charge in [-0.1, -0.05) is 6.92 Å². The number of piperazine rings is 1. The highest BCUT2D eigenvalue weighted by Gasteiger charge is 2.35. The van der Waals surface area contributed by atoms with Crippen molar-refractivity contribution in [3.63, 3.8) is 0 Å². The summed E-state index contributed by atoms with van der Waals surface area (Å²) in [7, 11) is 0. The van der Waals surface area contributed by atoms with E-state index in [1.807, 2.05) is 0 Å². The van der Waals surface area contributed by atoms with E-state index in [0.717, 1.165) is 16.2 Å². The Morgan fingerprint density at radius 3 is 2.86 bits per heavy atom. The van der Waals surface area contributed by atoms with Crippen LogP contribution >= 0.6 is 11.3 Å². The molecule has 2 heterocycles. The summed E-state index contributed by atoms with van der Waals surface area (Å²) >= 11 is 1.06. The third kappa shape index (κ3) is 3.02. The first-order chi connectivity index (χ1) is 9.93. The van der Waals surface area contributed by atoms with Gasteiger partial charge in [-0.25, -0.2) is 9.59 Å². The molecule has 0 saturated carbocycles. The zero-order chi connectivity index (χ0) is 15.6. The molecule has 0 bridgehead atoms. The van der Waals surface area contributed by atoms with Crippen molar-refractivity contribution in [1.29, 1.82) is 0 Å². The maximum Gasteiger partial charge on any atom is 0.338 e. The highest BCUT2D eigenvalue weighted by molar-refractivity contribution is 7.14. The van der Waals surface area contributed by atoms with E-state index >= 15 is 0 Å². The number of carboxylic acids is 1. The molecule has 1 saturated heterocycles. The average Bonchev–Trinajstić information content (AvgIpc) is 2.86. The number of carboxylic acid groups (broad SMARTS) is 1. The van der Waals surface area contributed by atoms with Crippen LogP contribution in [0.2, 0.25) is 0 Å². The molecule has 2 rings (SSSR count). The fourth-order valence-electron chi connectivity index (χ4n) is 2.03. The summed E-state index contributed by atoms with van der Waals surface area (Å²) in [5.74, 6) is -2.26. The lowest BCUT2D eigenvalue weighted by molar-refractivity contribution is -0.138. The lowest BCUT2D eigenvalue weighted by Crippen LogP contribution is -2.60. The van der Waals surface area contributed by atoms with Crippen LogP contribution in [-0.4, -0.2) is 46.4 Å². The lowest BCUT2D eigenvalue weighted by atomic mass is 10.1. The van der Waals surface area contributed by atoms with Gasteiger partial charge in [0.2, 0.25) is 11.8 Å². The van der Waals surface area contributed by atoms with Gasteiger partial charge in [0.1, 0.15) is 17.6 Å². The molecule has 4 amide bonds. The number of aromatic carboxylic acids is 1. The Labute approximate surface area is 123 Å². The maximum absolute atomic E-state index is 12.2. The number of imide groups is 1. The number of anilines is 1. The van der Waals surface area contributed by atoms with Crippen LogP contribution in [0.15, 0.2) is 11.4 Å². The first-order valence-corrected chi connectivity index (χ1v) is 7.04. The first-order valence-electron chi connectivity index (χ1n) is 6.16. The third-order valence-electron chi connectivity index (χ3n) is 3.02. The van der Waals surface area contributed by atoms with Gasteiger partial charge in [-0.15, -0.1) is 11.3 Å². The number of amides is 4. The van der Waals surface area contributed by atoms with Crippen molar-refractivity contribution in [3.8, 4) is 0 Å². The maximum atomic E-state index is 12.2. The Hall–Kier alpha value is -2.42. The third-order valence-corrected chi connectivity index (χ3v) is 3.85. The van der Waals surface area contributed by atoms with E-state index in [-0.39, 0.29) is 17.1 Å². The van der Waals surface area contributed by atoms with Crippen LogP contribution in [0, 0.1) is 0 Å². The smallest absolute Gasteiger partial charge is 0.338 e. The summed E-state index contributed by atoms with van der Waals surface area (Å²) in [5.41, 5.74) is -0.0332. The minimum Gasteiger partial charge on any atom is -0.478 e. The molecule has 3 N–H and O–H groups in total. The number of rotatable bonds is 3. The van der Waals surface area contributed by atoms with Crippen LogP contribution in [0.3, 0.4) is 0 Å².